The molecule has 0 saturated carbocycles. The summed E-state index contributed by atoms with van der Waals surface area (Å²) >= 11 is 3.42. The molecule has 2 heterocycles. The molecule has 2 amide bonds. The molecule has 7 heteroatoms. The first-order valence-electron chi connectivity index (χ1n) is 7.04. The van der Waals surface area contributed by atoms with E-state index in [1.54, 1.807) is 9.80 Å². The Morgan fingerprint density at radius 2 is 1.86 bits per heavy atom. The lowest BCUT2D eigenvalue weighted by Crippen LogP contribution is -2.50. The maximum atomic E-state index is 12.6. The summed E-state index contributed by atoms with van der Waals surface area (Å²) in [5.41, 5.74) is 0.690. The van der Waals surface area contributed by atoms with Gasteiger partial charge in [-0.1, -0.05) is 6.92 Å². The molecule has 0 atom stereocenters. The molecule has 0 bridgehead atoms. The molecular formula is C14H20BrN3O3. The highest BCUT2D eigenvalue weighted by Gasteiger charge is 2.26. The molecule has 0 radical (unpaired) electrons. The van der Waals surface area contributed by atoms with Crippen LogP contribution in [-0.4, -0.2) is 59.7 Å². The topological polar surface area (TPSA) is 54.8 Å². The minimum atomic E-state index is -0.334. The molecule has 0 aromatic carbocycles. The van der Waals surface area contributed by atoms with Gasteiger partial charge in [0.05, 0.1) is 7.11 Å². The normalized spacial score (nSPS) is 15.2. The summed E-state index contributed by atoms with van der Waals surface area (Å²) < 4.78 is 7.58. The first-order chi connectivity index (χ1) is 10.1. The number of carbonyl (C=O) groups excluding carboxylic acids is 2. The molecule has 1 aliphatic heterocycles. The lowest BCUT2D eigenvalue weighted by molar-refractivity contribution is 0.0590. The molecule has 116 valence electrons. The van der Waals surface area contributed by atoms with Crippen LogP contribution in [0.3, 0.4) is 0 Å². The number of piperazine rings is 1. The van der Waals surface area contributed by atoms with Crippen LogP contribution in [-0.2, 0) is 11.3 Å². The van der Waals surface area contributed by atoms with Gasteiger partial charge in [-0.25, -0.2) is 4.79 Å². The highest BCUT2D eigenvalue weighted by Crippen LogP contribution is 2.18. The number of aromatic nitrogens is 1. The molecule has 2 rings (SSSR count). The van der Waals surface area contributed by atoms with E-state index in [2.05, 4.69) is 22.9 Å². The standard InChI is InChI=1S/C14H20BrN3O3/c1-3-4-18-10-11(15)9-12(18)13(19)16-5-7-17(8-6-16)14(20)21-2/h9-10H,3-8H2,1-2H3. The van der Waals surface area contributed by atoms with Gasteiger partial charge in [-0.05, 0) is 28.4 Å². The van der Waals surface area contributed by atoms with Crippen molar-refractivity contribution < 1.29 is 14.3 Å². The largest absolute Gasteiger partial charge is 0.453 e. The summed E-state index contributed by atoms with van der Waals surface area (Å²) in [5.74, 6) is 0.0127. The maximum absolute atomic E-state index is 12.6. The van der Waals surface area contributed by atoms with E-state index in [-0.39, 0.29) is 12.0 Å². The van der Waals surface area contributed by atoms with Crippen LogP contribution in [0.4, 0.5) is 4.79 Å². The number of hydrogen-bond donors (Lipinski definition) is 0. The van der Waals surface area contributed by atoms with Crippen LogP contribution in [0.2, 0.25) is 0 Å². The zero-order valence-electron chi connectivity index (χ0n) is 12.3. The number of nitrogens with zero attached hydrogens (tertiary/aromatic N) is 3. The van der Waals surface area contributed by atoms with Gasteiger partial charge in [0.25, 0.3) is 5.91 Å². The average molecular weight is 358 g/mol. The Labute approximate surface area is 132 Å². The van der Waals surface area contributed by atoms with E-state index in [0.29, 0.717) is 31.9 Å². The molecule has 0 aliphatic carbocycles. The Hall–Kier alpha value is -1.50. The van der Waals surface area contributed by atoms with Crippen molar-refractivity contribution in [1.82, 2.24) is 14.4 Å². The first kappa shape index (κ1) is 15.9. The first-order valence-corrected chi connectivity index (χ1v) is 7.84. The van der Waals surface area contributed by atoms with E-state index >= 15 is 0 Å². The summed E-state index contributed by atoms with van der Waals surface area (Å²) in [5, 5.41) is 0. The SMILES string of the molecule is CCCn1cc(Br)cc1C(=O)N1CCN(C(=O)OC)CC1. The minimum absolute atomic E-state index is 0.0127. The van der Waals surface area contributed by atoms with E-state index in [1.807, 2.05) is 16.8 Å². The summed E-state index contributed by atoms with van der Waals surface area (Å²) in [4.78, 5) is 27.5. The van der Waals surface area contributed by atoms with Crippen LogP contribution in [0.15, 0.2) is 16.7 Å². The number of carbonyl (C=O) groups is 2. The lowest BCUT2D eigenvalue weighted by atomic mass is 10.3. The zero-order chi connectivity index (χ0) is 15.4. The van der Waals surface area contributed by atoms with Crippen LogP contribution in [0.1, 0.15) is 23.8 Å². The molecule has 6 nitrogen and oxygen atoms in total. The van der Waals surface area contributed by atoms with Gasteiger partial charge >= 0.3 is 6.09 Å². The predicted molar refractivity (Wildman–Crippen MR) is 82.3 cm³/mol. The second-order valence-corrected chi connectivity index (χ2v) is 5.90. The number of aryl methyl sites for hydroxylation is 1. The fourth-order valence-corrected chi connectivity index (χ4v) is 2.93. The number of methoxy groups -OCH3 is 1. The Kier molecular flexibility index (Phi) is 5.27. The van der Waals surface area contributed by atoms with Gasteiger partial charge in [-0.3, -0.25) is 4.79 Å². The zero-order valence-corrected chi connectivity index (χ0v) is 13.9. The van der Waals surface area contributed by atoms with Crippen molar-refractivity contribution in [2.24, 2.45) is 0 Å². The number of hydrogen-bond acceptors (Lipinski definition) is 3. The fourth-order valence-electron chi connectivity index (χ4n) is 2.46. The van der Waals surface area contributed by atoms with Gasteiger partial charge in [-0.15, -0.1) is 0 Å². The predicted octanol–water partition coefficient (Wildman–Crippen LogP) is 2.18. The number of amides is 2. The average Bonchev–Trinajstić information content (AvgIpc) is 2.87. The summed E-state index contributed by atoms with van der Waals surface area (Å²) in [6.07, 6.45) is 2.57. The van der Waals surface area contributed by atoms with Crippen molar-refractivity contribution in [2.75, 3.05) is 33.3 Å². The molecular weight excluding hydrogens is 338 g/mol. The van der Waals surface area contributed by atoms with E-state index < -0.39 is 0 Å². The third kappa shape index (κ3) is 3.58. The van der Waals surface area contributed by atoms with Gasteiger partial charge in [0.1, 0.15) is 5.69 Å². The fraction of sp³-hybridized carbons (Fsp3) is 0.571. The second-order valence-electron chi connectivity index (χ2n) is 4.99. The molecule has 0 N–H and O–H groups in total. The summed E-state index contributed by atoms with van der Waals surface area (Å²) in [7, 11) is 1.37. The van der Waals surface area contributed by atoms with Crippen molar-refractivity contribution >= 4 is 27.9 Å². The van der Waals surface area contributed by atoms with Crippen LogP contribution in [0.25, 0.3) is 0 Å². The van der Waals surface area contributed by atoms with Crippen LogP contribution in [0.5, 0.6) is 0 Å². The van der Waals surface area contributed by atoms with Crippen molar-refractivity contribution in [3.8, 4) is 0 Å². The molecule has 1 aromatic heterocycles. The van der Waals surface area contributed by atoms with E-state index in [9.17, 15) is 9.59 Å². The maximum Gasteiger partial charge on any atom is 0.409 e. The van der Waals surface area contributed by atoms with Crippen molar-refractivity contribution in [3.63, 3.8) is 0 Å². The van der Waals surface area contributed by atoms with E-state index in [4.69, 9.17) is 4.74 Å². The van der Waals surface area contributed by atoms with Gasteiger partial charge in [0.2, 0.25) is 0 Å². The highest BCUT2D eigenvalue weighted by atomic mass is 79.9. The molecule has 21 heavy (non-hydrogen) atoms. The van der Waals surface area contributed by atoms with Gasteiger partial charge in [-0.2, -0.15) is 0 Å². The van der Waals surface area contributed by atoms with Gasteiger partial charge in [0, 0.05) is 43.4 Å². The number of ether oxygens (including phenoxy) is 1. The molecule has 1 aromatic rings. The Balaban J connectivity index is 2.03. The molecule has 1 aliphatic rings. The number of halogens is 1. The monoisotopic (exact) mass is 357 g/mol. The molecule has 1 saturated heterocycles. The van der Waals surface area contributed by atoms with E-state index in [0.717, 1.165) is 17.4 Å². The van der Waals surface area contributed by atoms with Crippen LogP contribution < -0.4 is 0 Å². The lowest BCUT2D eigenvalue weighted by Gasteiger charge is -2.33. The quantitative estimate of drug-likeness (QED) is 0.832. The van der Waals surface area contributed by atoms with Gasteiger partial charge in [0.15, 0.2) is 0 Å². The molecule has 0 spiro atoms. The highest BCUT2D eigenvalue weighted by molar-refractivity contribution is 9.10. The Bertz CT molecular complexity index is 522. The molecule has 0 unspecified atom stereocenters. The minimum Gasteiger partial charge on any atom is -0.453 e. The third-order valence-electron chi connectivity index (χ3n) is 3.55. The third-order valence-corrected chi connectivity index (χ3v) is 3.98. The second kappa shape index (κ2) is 6.98. The van der Waals surface area contributed by atoms with Gasteiger partial charge < -0.3 is 19.1 Å². The smallest absolute Gasteiger partial charge is 0.409 e. The summed E-state index contributed by atoms with van der Waals surface area (Å²) in [6.45, 7) is 4.97. The van der Waals surface area contributed by atoms with Crippen LogP contribution in [0, 0.1) is 0 Å². The van der Waals surface area contributed by atoms with Crippen molar-refractivity contribution in [3.05, 3.63) is 22.4 Å². The summed E-state index contributed by atoms with van der Waals surface area (Å²) in [6, 6.07) is 1.85. The van der Waals surface area contributed by atoms with Crippen LogP contribution >= 0.6 is 15.9 Å². The Morgan fingerprint density at radius 3 is 2.43 bits per heavy atom. The van der Waals surface area contributed by atoms with E-state index in [1.165, 1.54) is 7.11 Å². The number of rotatable bonds is 3. The molecule has 1 fully saturated rings. The van der Waals surface area contributed by atoms with Crippen molar-refractivity contribution in [1.29, 1.82) is 0 Å². The Morgan fingerprint density at radius 1 is 1.24 bits per heavy atom. The van der Waals surface area contributed by atoms with Crippen molar-refractivity contribution in [2.45, 2.75) is 19.9 Å².